The maximum absolute atomic E-state index is 3.44. The van der Waals surface area contributed by atoms with Gasteiger partial charge in [-0.1, -0.05) is 150 Å². The average Bonchev–Trinajstić information content (AvgIpc) is 3.01. The highest BCUT2D eigenvalue weighted by molar-refractivity contribution is 5.39. The second-order valence-electron chi connectivity index (χ2n) is 11.4. The lowest BCUT2D eigenvalue weighted by atomic mass is 10.1. The largest absolute Gasteiger partial charge is 1.00 e. The molecule has 2 heterocycles. The van der Waals surface area contributed by atoms with Crippen LogP contribution in [0.3, 0.4) is 0 Å². The molecule has 2 aromatic heterocycles. The summed E-state index contributed by atoms with van der Waals surface area (Å²) in [5, 5.41) is 6.87. The predicted octanol–water partition coefficient (Wildman–Crippen LogP) is 5.09. The van der Waals surface area contributed by atoms with Crippen molar-refractivity contribution in [2.45, 2.75) is 163 Å². The summed E-state index contributed by atoms with van der Waals surface area (Å²) < 4.78 is 0. The molecule has 0 aliphatic carbocycles. The number of hydrogen-bond acceptors (Lipinski definition) is 2. The molecule has 4 N–H and O–H groups in total. The predicted molar refractivity (Wildman–Crippen MR) is 183 cm³/mol. The minimum absolute atomic E-state index is 0. The monoisotopic (exact) mass is 728 g/mol. The number of halogens is 2. The van der Waals surface area contributed by atoms with Crippen LogP contribution >= 0.6 is 0 Å². The van der Waals surface area contributed by atoms with Gasteiger partial charge in [0.2, 0.25) is 0 Å². The number of nitrogens with one attached hydrogen (secondary N) is 4. The zero-order valence-corrected chi connectivity index (χ0v) is 31.8. The second kappa shape index (κ2) is 40.9. The summed E-state index contributed by atoms with van der Waals surface area (Å²) in [7, 11) is 0. The van der Waals surface area contributed by atoms with Crippen molar-refractivity contribution in [3.8, 4) is 0 Å². The Morgan fingerprint density at radius 1 is 0.372 bits per heavy atom. The van der Waals surface area contributed by atoms with E-state index in [9.17, 15) is 0 Å². The highest BCUT2D eigenvalue weighted by Crippen LogP contribution is 2.10. The lowest BCUT2D eigenvalue weighted by Gasteiger charge is -2.04. The molecule has 252 valence electrons. The van der Waals surface area contributed by atoms with Gasteiger partial charge in [0, 0.05) is 48.7 Å². The number of unbranched alkanes of at least 4 members (excludes halogenated alkanes) is 18. The minimum atomic E-state index is 0. The summed E-state index contributed by atoms with van der Waals surface area (Å²) in [5.41, 5.74) is 2.43. The summed E-state index contributed by atoms with van der Waals surface area (Å²) >= 11 is 0. The first-order valence-electron chi connectivity index (χ1n) is 17.7. The van der Waals surface area contributed by atoms with Crippen LogP contribution < -0.4 is 54.6 Å². The highest BCUT2D eigenvalue weighted by atomic mass is 79.9. The van der Waals surface area contributed by atoms with E-state index >= 15 is 0 Å². The Kier molecular flexibility index (Phi) is 44.0. The van der Waals surface area contributed by atoms with Crippen LogP contribution in [0.2, 0.25) is 0 Å². The van der Waals surface area contributed by atoms with Crippen molar-refractivity contribution in [3.63, 3.8) is 0 Å². The smallest absolute Gasteiger partial charge is 0.169 e. The molecule has 0 saturated carbocycles. The van der Waals surface area contributed by atoms with Crippen LogP contribution in [-0.2, 0) is 0 Å². The first-order chi connectivity index (χ1) is 20.3. The number of aromatic nitrogens is 2. The van der Waals surface area contributed by atoms with Crippen molar-refractivity contribution in [1.82, 2.24) is 0 Å². The average molecular weight is 731 g/mol. The SMILES string of the molecule is CCCCCCC.CCCCCCCCCCNc1cc[nH+]cc1.CCCCCCCCCCNc1cc[nH+]cc1.[Br-].[Br-]. The standard InChI is InChI=1S/2C15H26N2.C7H16.2BrH/c2*1-2-3-4-5-6-7-8-9-12-17-15-10-13-16-14-11-15;1-3-5-7-6-4-2;;/h2*10-11,13-14H,2-9,12H2,1H3,(H,16,17);3-7H2,1-2H3;2*1H. The number of aromatic amines is 2. The Bertz CT molecular complexity index is 658. The van der Waals surface area contributed by atoms with Crippen molar-refractivity contribution < 1.29 is 43.9 Å². The fourth-order valence-corrected chi connectivity index (χ4v) is 4.67. The third-order valence-electron chi connectivity index (χ3n) is 7.36. The van der Waals surface area contributed by atoms with Gasteiger partial charge in [-0.25, -0.2) is 9.97 Å². The molecule has 2 rings (SSSR count). The minimum Gasteiger partial charge on any atom is -1.00 e. The summed E-state index contributed by atoms with van der Waals surface area (Å²) in [6.07, 6.45) is 37.0. The van der Waals surface area contributed by atoms with E-state index in [0.29, 0.717) is 0 Å². The number of anilines is 2. The lowest BCUT2D eigenvalue weighted by Crippen LogP contribution is -3.00. The first-order valence-corrected chi connectivity index (χ1v) is 17.7. The molecule has 0 atom stereocenters. The molecule has 0 fully saturated rings. The van der Waals surface area contributed by atoms with Gasteiger partial charge in [-0.15, -0.1) is 0 Å². The Labute approximate surface area is 289 Å². The van der Waals surface area contributed by atoms with Crippen molar-refractivity contribution in [2.75, 3.05) is 23.7 Å². The quantitative estimate of drug-likeness (QED) is 0.148. The first kappa shape index (κ1) is 46.3. The van der Waals surface area contributed by atoms with Gasteiger partial charge < -0.3 is 44.6 Å². The van der Waals surface area contributed by atoms with Crippen molar-refractivity contribution in [2.24, 2.45) is 0 Å². The Morgan fingerprint density at radius 3 is 0.884 bits per heavy atom. The second-order valence-corrected chi connectivity index (χ2v) is 11.4. The van der Waals surface area contributed by atoms with E-state index in [1.54, 1.807) is 0 Å². The summed E-state index contributed by atoms with van der Waals surface area (Å²) in [4.78, 5) is 6.06. The molecule has 2 aromatic rings. The van der Waals surface area contributed by atoms with E-state index in [0.717, 1.165) is 13.1 Å². The fourth-order valence-electron chi connectivity index (χ4n) is 4.67. The van der Waals surface area contributed by atoms with E-state index in [2.05, 4.69) is 72.6 Å². The van der Waals surface area contributed by atoms with Crippen LogP contribution in [-0.4, -0.2) is 13.1 Å². The fraction of sp³-hybridized carbons (Fsp3) is 0.730. The summed E-state index contributed by atoms with van der Waals surface area (Å²) in [6, 6.07) is 8.30. The number of hydrogen-bond donors (Lipinski definition) is 2. The normalized spacial score (nSPS) is 9.77. The molecule has 0 aromatic carbocycles. The van der Waals surface area contributed by atoms with Crippen LogP contribution in [0, 0.1) is 0 Å². The maximum Gasteiger partial charge on any atom is 0.169 e. The highest BCUT2D eigenvalue weighted by Gasteiger charge is 1.95. The van der Waals surface area contributed by atoms with E-state index in [4.69, 9.17) is 0 Å². The zero-order chi connectivity index (χ0) is 29.9. The van der Waals surface area contributed by atoms with E-state index in [1.165, 1.54) is 146 Å². The van der Waals surface area contributed by atoms with Gasteiger partial charge >= 0.3 is 0 Å². The van der Waals surface area contributed by atoms with Crippen LogP contribution in [0.25, 0.3) is 0 Å². The molecule has 4 nitrogen and oxygen atoms in total. The van der Waals surface area contributed by atoms with Gasteiger partial charge in [0.1, 0.15) is 0 Å². The molecular formula is C37H70Br2N4. The van der Waals surface area contributed by atoms with Crippen LogP contribution in [0.5, 0.6) is 0 Å². The third-order valence-corrected chi connectivity index (χ3v) is 7.36. The number of pyridine rings is 2. The Balaban J connectivity index is -0.000000590. The Hall–Kier alpha value is -1.14. The molecule has 0 bridgehead atoms. The molecule has 0 unspecified atom stereocenters. The van der Waals surface area contributed by atoms with Crippen LogP contribution in [0.15, 0.2) is 49.1 Å². The van der Waals surface area contributed by atoms with E-state index < -0.39 is 0 Å². The maximum atomic E-state index is 3.44. The molecule has 6 heteroatoms. The van der Waals surface area contributed by atoms with Crippen molar-refractivity contribution >= 4 is 11.4 Å². The Morgan fingerprint density at radius 2 is 0.605 bits per heavy atom. The topological polar surface area (TPSA) is 52.3 Å². The van der Waals surface area contributed by atoms with Crippen molar-refractivity contribution in [3.05, 3.63) is 49.1 Å². The lowest BCUT2D eigenvalue weighted by molar-refractivity contribution is -0.378. The van der Waals surface area contributed by atoms with Gasteiger partial charge in [0.15, 0.2) is 24.8 Å². The van der Waals surface area contributed by atoms with Crippen LogP contribution in [0.1, 0.15) is 163 Å². The van der Waals surface area contributed by atoms with E-state index in [-0.39, 0.29) is 34.0 Å². The van der Waals surface area contributed by atoms with Gasteiger partial charge in [-0.2, -0.15) is 0 Å². The molecule has 43 heavy (non-hydrogen) atoms. The van der Waals surface area contributed by atoms with E-state index in [1.807, 2.05) is 24.8 Å². The zero-order valence-electron chi connectivity index (χ0n) is 28.6. The molecule has 0 spiro atoms. The third kappa shape index (κ3) is 37.0. The molecule has 0 aliphatic rings. The molecule has 0 radical (unpaired) electrons. The number of rotatable bonds is 24. The summed E-state index contributed by atoms with van der Waals surface area (Å²) in [5.74, 6) is 0. The number of H-pyrrole nitrogens is 2. The molecule has 0 saturated heterocycles. The van der Waals surface area contributed by atoms with Gasteiger partial charge in [0.05, 0.1) is 0 Å². The van der Waals surface area contributed by atoms with Gasteiger partial charge in [0.25, 0.3) is 0 Å². The molecule has 0 amide bonds. The van der Waals surface area contributed by atoms with Crippen LogP contribution in [0.4, 0.5) is 11.4 Å². The van der Waals surface area contributed by atoms with Gasteiger partial charge in [-0.05, 0) is 12.8 Å². The molecule has 0 aliphatic heterocycles. The summed E-state index contributed by atoms with van der Waals surface area (Å²) in [6.45, 7) is 11.2. The van der Waals surface area contributed by atoms with Crippen molar-refractivity contribution in [1.29, 1.82) is 0 Å². The van der Waals surface area contributed by atoms with Gasteiger partial charge in [-0.3, -0.25) is 0 Å². The molecular weight excluding hydrogens is 660 g/mol.